The van der Waals surface area contributed by atoms with Gasteiger partial charge in [0.2, 0.25) is 17.7 Å². The fourth-order valence-electron chi connectivity index (χ4n) is 1.96. The van der Waals surface area contributed by atoms with Gasteiger partial charge in [-0.3, -0.25) is 19.7 Å². The molecule has 1 aromatic carbocycles. The van der Waals surface area contributed by atoms with Crippen molar-refractivity contribution in [3.8, 4) is 0 Å². The number of carbonyl (C=O) groups is 3. The van der Waals surface area contributed by atoms with Crippen molar-refractivity contribution in [1.82, 2.24) is 16.0 Å². The van der Waals surface area contributed by atoms with Crippen molar-refractivity contribution >= 4 is 17.7 Å². The number of rotatable bonds is 8. The van der Waals surface area contributed by atoms with Crippen LogP contribution in [0, 0.1) is 11.6 Å². The number of hydrogen-bond acceptors (Lipinski definition) is 4. The highest BCUT2D eigenvalue weighted by Gasteiger charge is 2.21. The van der Waals surface area contributed by atoms with E-state index in [0.29, 0.717) is 6.07 Å². The van der Waals surface area contributed by atoms with Crippen molar-refractivity contribution in [3.05, 3.63) is 35.4 Å². The molecule has 0 radical (unpaired) electrons. The van der Waals surface area contributed by atoms with Crippen LogP contribution in [-0.2, 0) is 20.8 Å². The Bertz CT molecular complexity index is 620. The average molecular weight is 359 g/mol. The molecule has 0 aromatic heterocycles. The number of amides is 3. The summed E-state index contributed by atoms with van der Waals surface area (Å²) >= 11 is 0. The van der Waals surface area contributed by atoms with E-state index >= 15 is 0 Å². The molecule has 0 heterocycles. The Morgan fingerprint density at radius 3 is 2.12 bits per heavy atom. The minimum atomic E-state index is -1.04. The van der Waals surface area contributed by atoms with Crippen LogP contribution >= 0.6 is 0 Å². The minimum absolute atomic E-state index is 0.0285. The van der Waals surface area contributed by atoms with Gasteiger partial charge in [0.05, 0.1) is 12.5 Å². The first-order valence-corrected chi connectivity index (χ1v) is 7.61. The third-order valence-corrected chi connectivity index (χ3v) is 3.24. The van der Waals surface area contributed by atoms with Crippen molar-refractivity contribution in [2.75, 3.05) is 13.2 Å². The van der Waals surface area contributed by atoms with Gasteiger partial charge in [0.15, 0.2) is 0 Å². The largest absolute Gasteiger partial charge is 0.344 e. The van der Waals surface area contributed by atoms with Gasteiger partial charge in [-0.05, 0) is 31.5 Å². The summed E-state index contributed by atoms with van der Waals surface area (Å²) in [4.78, 5) is 35.4. The lowest BCUT2D eigenvalue weighted by Gasteiger charge is -2.16. The molecule has 0 spiro atoms. The molecule has 6 nitrogen and oxygen atoms in total. The number of imide groups is 1. The fourth-order valence-corrected chi connectivity index (χ4v) is 1.96. The maximum absolute atomic E-state index is 13.1. The summed E-state index contributed by atoms with van der Waals surface area (Å²) in [6.45, 7) is 2.13. The van der Waals surface area contributed by atoms with Crippen molar-refractivity contribution in [2.45, 2.75) is 32.4 Å². The van der Waals surface area contributed by atoms with Gasteiger partial charge in [0, 0.05) is 12.6 Å². The molecular formula is C16H20F3N3O3. The predicted octanol–water partition coefficient (Wildman–Crippen LogP) is 0.602. The van der Waals surface area contributed by atoms with E-state index in [1.807, 2.05) is 0 Å². The molecule has 138 valence electrons. The highest BCUT2D eigenvalue weighted by molar-refractivity contribution is 6.00. The van der Waals surface area contributed by atoms with Gasteiger partial charge in [-0.1, -0.05) is 0 Å². The van der Waals surface area contributed by atoms with Gasteiger partial charge in [-0.2, -0.15) is 0 Å². The molecule has 0 bridgehead atoms. The molecule has 0 aliphatic rings. The second-order valence-corrected chi connectivity index (χ2v) is 5.46. The van der Waals surface area contributed by atoms with E-state index in [9.17, 15) is 27.6 Å². The first kappa shape index (κ1) is 20.6. The lowest BCUT2D eigenvalue weighted by molar-refractivity contribution is -0.134. The Morgan fingerprint density at radius 1 is 1.00 bits per heavy atom. The average Bonchev–Trinajstić information content (AvgIpc) is 2.50. The summed E-state index contributed by atoms with van der Waals surface area (Å²) in [6.07, 6.45) is -0.325. The molecule has 0 aliphatic carbocycles. The van der Waals surface area contributed by atoms with E-state index in [0.717, 1.165) is 12.1 Å². The predicted molar refractivity (Wildman–Crippen MR) is 84.3 cm³/mol. The number of nitrogens with one attached hydrogen (secondary N) is 3. The second kappa shape index (κ2) is 9.77. The number of hydrogen-bond donors (Lipinski definition) is 3. The number of benzene rings is 1. The molecule has 3 amide bonds. The zero-order chi connectivity index (χ0) is 19.0. The first-order valence-electron chi connectivity index (χ1n) is 7.61. The van der Waals surface area contributed by atoms with Crippen LogP contribution in [0.2, 0.25) is 0 Å². The standard InChI is InChI=1S/C16H20F3N3O3/c1-9(20-4-3-17)15(24)22-16(25)10(2)21-14(23)7-11-5-12(18)8-13(19)6-11/h5-6,8-10,20H,3-4,7H2,1-2H3,(H,21,23)(H,22,24,25)/t9-,10-/m0/s1. The Labute approximate surface area is 143 Å². The maximum atomic E-state index is 13.1. The first-order chi connectivity index (χ1) is 11.7. The van der Waals surface area contributed by atoms with Crippen LogP contribution < -0.4 is 16.0 Å². The van der Waals surface area contributed by atoms with Gasteiger partial charge < -0.3 is 10.6 Å². The van der Waals surface area contributed by atoms with Crippen LogP contribution in [0.3, 0.4) is 0 Å². The smallest absolute Gasteiger partial charge is 0.248 e. The molecular weight excluding hydrogens is 339 g/mol. The Balaban J connectivity index is 2.51. The molecule has 1 aromatic rings. The van der Waals surface area contributed by atoms with Crippen LogP contribution in [0.5, 0.6) is 0 Å². The third-order valence-electron chi connectivity index (χ3n) is 3.24. The van der Waals surface area contributed by atoms with Gasteiger partial charge in [-0.25, -0.2) is 13.2 Å². The van der Waals surface area contributed by atoms with E-state index < -0.39 is 48.1 Å². The van der Waals surface area contributed by atoms with Gasteiger partial charge in [-0.15, -0.1) is 0 Å². The number of carbonyl (C=O) groups excluding carboxylic acids is 3. The molecule has 0 saturated heterocycles. The monoisotopic (exact) mass is 359 g/mol. The molecule has 0 aliphatic heterocycles. The van der Waals surface area contributed by atoms with Crippen molar-refractivity contribution in [3.63, 3.8) is 0 Å². The lowest BCUT2D eigenvalue weighted by Crippen LogP contribution is -2.51. The SMILES string of the molecule is C[C@H](NCCF)C(=O)NC(=O)[C@H](C)NC(=O)Cc1cc(F)cc(F)c1. The molecule has 2 atom stereocenters. The summed E-state index contributed by atoms with van der Waals surface area (Å²) in [5, 5.41) is 6.97. The quantitative estimate of drug-likeness (QED) is 0.635. The summed E-state index contributed by atoms with van der Waals surface area (Å²) in [6, 6.07) is 0.881. The molecule has 0 saturated carbocycles. The van der Waals surface area contributed by atoms with Gasteiger partial charge >= 0.3 is 0 Å². The van der Waals surface area contributed by atoms with E-state index in [-0.39, 0.29) is 18.5 Å². The molecule has 9 heteroatoms. The Kier molecular flexibility index (Phi) is 8.06. The second-order valence-electron chi connectivity index (χ2n) is 5.46. The van der Waals surface area contributed by atoms with Crippen LogP contribution in [0.25, 0.3) is 0 Å². The fraction of sp³-hybridized carbons (Fsp3) is 0.438. The molecule has 25 heavy (non-hydrogen) atoms. The molecule has 0 unspecified atom stereocenters. The van der Waals surface area contributed by atoms with Gasteiger partial charge in [0.1, 0.15) is 24.4 Å². The van der Waals surface area contributed by atoms with Crippen LogP contribution in [-0.4, -0.2) is 43.0 Å². The van der Waals surface area contributed by atoms with E-state index in [1.54, 1.807) is 0 Å². The van der Waals surface area contributed by atoms with Crippen LogP contribution in [0.4, 0.5) is 13.2 Å². The highest BCUT2D eigenvalue weighted by Crippen LogP contribution is 2.08. The van der Waals surface area contributed by atoms with E-state index in [4.69, 9.17) is 0 Å². The summed E-state index contributed by atoms with van der Waals surface area (Å²) in [5.41, 5.74) is 0.114. The van der Waals surface area contributed by atoms with Crippen LogP contribution in [0.15, 0.2) is 18.2 Å². The van der Waals surface area contributed by atoms with Gasteiger partial charge in [0.25, 0.3) is 0 Å². The van der Waals surface area contributed by atoms with E-state index in [2.05, 4.69) is 16.0 Å². The number of alkyl halides is 1. The topological polar surface area (TPSA) is 87.3 Å². The highest BCUT2D eigenvalue weighted by atomic mass is 19.1. The van der Waals surface area contributed by atoms with Crippen molar-refractivity contribution in [1.29, 1.82) is 0 Å². The van der Waals surface area contributed by atoms with E-state index in [1.165, 1.54) is 13.8 Å². The summed E-state index contributed by atoms with van der Waals surface area (Å²) in [7, 11) is 0. The normalized spacial score (nSPS) is 13.0. The lowest BCUT2D eigenvalue weighted by atomic mass is 10.1. The molecule has 3 N–H and O–H groups in total. The zero-order valence-corrected chi connectivity index (χ0v) is 13.9. The van der Waals surface area contributed by atoms with Crippen LogP contribution in [0.1, 0.15) is 19.4 Å². The summed E-state index contributed by atoms with van der Waals surface area (Å²) < 4.78 is 38.2. The maximum Gasteiger partial charge on any atom is 0.248 e. The Morgan fingerprint density at radius 2 is 1.56 bits per heavy atom. The van der Waals surface area contributed by atoms with Crippen molar-refractivity contribution < 1.29 is 27.6 Å². The van der Waals surface area contributed by atoms with Crippen molar-refractivity contribution in [2.24, 2.45) is 0 Å². The zero-order valence-electron chi connectivity index (χ0n) is 13.9. The Hall–Kier alpha value is -2.42. The minimum Gasteiger partial charge on any atom is -0.344 e. The molecule has 1 rings (SSSR count). The number of halogens is 3. The summed E-state index contributed by atoms with van der Waals surface area (Å²) in [5.74, 6) is -3.67. The molecule has 0 fully saturated rings. The third kappa shape index (κ3) is 7.34.